The van der Waals surface area contributed by atoms with Gasteiger partial charge in [-0.1, -0.05) is 12.1 Å². The van der Waals surface area contributed by atoms with E-state index in [-0.39, 0.29) is 17.0 Å². The summed E-state index contributed by atoms with van der Waals surface area (Å²) in [4.78, 5) is 14.2. The molecule has 0 aliphatic heterocycles. The van der Waals surface area contributed by atoms with E-state index in [1.807, 2.05) is 0 Å². The van der Waals surface area contributed by atoms with Crippen LogP contribution in [0.15, 0.2) is 36.4 Å². The Bertz CT molecular complexity index is 540. The molecule has 2 nitrogen and oxygen atoms in total. The highest BCUT2D eigenvalue weighted by Gasteiger charge is 2.09. The summed E-state index contributed by atoms with van der Waals surface area (Å²) in [5, 5.41) is 0. The van der Waals surface area contributed by atoms with Crippen molar-refractivity contribution < 1.29 is 13.6 Å². The van der Waals surface area contributed by atoms with Crippen LogP contribution in [0.2, 0.25) is 0 Å². The molecule has 16 heavy (non-hydrogen) atoms. The third-order valence-corrected chi connectivity index (χ3v) is 2.13. The number of benzene rings is 1. The average molecular weight is 219 g/mol. The number of rotatable bonds is 2. The van der Waals surface area contributed by atoms with Crippen LogP contribution in [0.5, 0.6) is 0 Å². The van der Waals surface area contributed by atoms with Crippen molar-refractivity contribution in [1.82, 2.24) is 4.98 Å². The number of aromatic nitrogens is 1. The fraction of sp³-hybridized carbons (Fsp3) is 0. The van der Waals surface area contributed by atoms with Crippen LogP contribution in [0, 0.1) is 11.6 Å². The number of hydrogen-bond acceptors (Lipinski definition) is 2. The maximum atomic E-state index is 13.4. The predicted octanol–water partition coefficient (Wildman–Crippen LogP) is 2.84. The summed E-state index contributed by atoms with van der Waals surface area (Å²) < 4.78 is 26.4. The number of aldehydes is 1. The number of pyridine rings is 1. The maximum absolute atomic E-state index is 13.4. The molecule has 0 unspecified atom stereocenters. The summed E-state index contributed by atoms with van der Waals surface area (Å²) in [6.45, 7) is 0. The lowest BCUT2D eigenvalue weighted by molar-refractivity contribution is 0.111. The van der Waals surface area contributed by atoms with E-state index in [1.165, 1.54) is 18.2 Å². The summed E-state index contributed by atoms with van der Waals surface area (Å²) >= 11 is 0. The molecule has 0 aliphatic rings. The normalized spacial score (nSPS) is 10.1. The van der Waals surface area contributed by atoms with Gasteiger partial charge in [-0.15, -0.1) is 0 Å². The third-order valence-electron chi connectivity index (χ3n) is 2.13. The Hall–Kier alpha value is -2.10. The molecule has 0 aliphatic carbocycles. The molecule has 2 rings (SSSR count). The second kappa shape index (κ2) is 4.18. The van der Waals surface area contributed by atoms with Crippen molar-refractivity contribution in [3.63, 3.8) is 0 Å². The largest absolute Gasteiger partial charge is 0.296 e. The van der Waals surface area contributed by atoms with Crippen molar-refractivity contribution in [1.29, 1.82) is 0 Å². The van der Waals surface area contributed by atoms with Gasteiger partial charge in [0.2, 0.25) is 0 Å². The Morgan fingerprint density at radius 3 is 2.44 bits per heavy atom. The predicted molar refractivity (Wildman–Crippen MR) is 55.0 cm³/mol. The summed E-state index contributed by atoms with van der Waals surface area (Å²) in [5.41, 5.74) is 0.160. The third kappa shape index (κ3) is 1.82. The van der Waals surface area contributed by atoms with Gasteiger partial charge >= 0.3 is 0 Å². The van der Waals surface area contributed by atoms with Crippen molar-refractivity contribution in [2.75, 3.05) is 0 Å². The summed E-state index contributed by atoms with van der Waals surface area (Å²) in [5.74, 6) is -1.17. The molecule has 0 atom stereocenters. The minimum atomic E-state index is -0.713. The van der Waals surface area contributed by atoms with Gasteiger partial charge in [0, 0.05) is 5.56 Å². The van der Waals surface area contributed by atoms with Gasteiger partial charge in [-0.05, 0) is 24.3 Å². The van der Waals surface area contributed by atoms with Gasteiger partial charge < -0.3 is 0 Å². The van der Waals surface area contributed by atoms with Gasteiger partial charge in [-0.25, -0.2) is 13.8 Å². The Kier molecular flexibility index (Phi) is 2.72. The van der Waals surface area contributed by atoms with E-state index in [0.29, 0.717) is 6.29 Å². The van der Waals surface area contributed by atoms with E-state index in [4.69, 9.17) is 0 Å². The second-order valence-electron chi connectivity index (χ2n) is 3.16. The molecule has 0 saturated carbocycles. The number of halogens is 2. The molecule has 1 aromatic heterocycles. The van der Waals surface area contributed by atoms with E-state index in [1.54, 1.807) is 12.1 Å². The Labute approximate surface area is 90.6 Å². The number of carbonyl (C=O) groups excluding carboxylic acids is 1. The molecular weight excluding hydrogens is 212 g/mol. The van der Waals surface area contributed by atoms with E-state index < -0.39 is 11.6 Å². The fourth-order valence-corrected chi connectivity index (χ4v) is 1.36. The van der Waals surface area contributed by atoms with Crippen LogP contribution in [0.1, 0.15) is 10.5 Å². The van der Waals surface area contributed by atoms with Crippen LogP contribution in [-0.2, 0) is 0 Å². The topological polar surface area (TPSA) is 30.0 Å². The zero-order valence-corrected chi connectivity index (χ0v) is 8.15. The van der Waals surface area contributed by atoms with E-state index >= 15 is 0 Å². The first-order valence-electron chi connectivity index (χ1n) is 4.59. The molecule has 0 N–H and O–H groups in total. The monoisotopic (exact) mass is 219 g/mol. The van der Waals surface area contributed by atoms with Crippen LogP contribution < -0.4 is 0 Å². The Balaban J connectivity index is 2.57. The molecule has 0 fully saturated rings. The van der Waals surface area contributed by atoms with Gasteiger partial charge in [0.05, 0.1) is 5.69 Å². The second-order valence-corrected chi connectivity index (χ2v) is 3.16. The summed E-state index contributed by atoms with van der Waals surface area (Å²) in [7, 11) is 0. The van der Waals surface area contributed by atoms with E-state index in [2.05, 4.69) is 4.98 Å². The lowest BCUT2D eigenvalue weighted by Gasteiger charge is -2.03. The zero-order chi connectivity index (χ0) is 11.5. The standard InChI is InChI=1S/C12H7F2NO/c13-9-4-2-1-3-8(9)11-6-5-10(14)12(7-16)15-11/h1-7H. The van der Waals surface area contributed by atoms with Crippen molar-refractivity contribution in [3.8, 4) is 11.3 Å². The Morgan fingerprint density at radius 1 is 1.00 bits per heavy atom. The van der Waals surface area contributed by atoms with Crippen molar-refractivity contribution in [3.05, 3.63) is 53.7 Å². The highest BCUT2D eigenvalue weighted by atomic mass is 19.1. The molecule has 1 aromatic carbocycles. The minimum Gasteiger partial charge on any atom is -0.296 e. The average Bonchev–Trinajstić information content (AvgIpc) is 2.31. The lowest BCUT2D eigenvalue weighted by atomic mass is 10.1. The fourth-order valence-electron chi connectivity index (χ4n) is 1.36. The summed E-state index contributed by atoms with van der Waals surface area (Å²) in [6.07, 6.45) is 0.305. The first-order valence-corrected chi connectivity index (χ1v) is 4.59. The van der Waals surface area contributed by atoms with Crippen LogP contribution >= 0.6 is 0 Å². The number of carbonyl (C=O) groups is 1. The molecule has 4 heteroatoms. The smallest absolute Gasteiger partial charge is 0.171 e. The van der Waals surface area contributed by atoms with Gasteiger partial charge in [0.15, 0.2) is 12.1 Å². The molecule has 0 spiro atoms. The van der Waals surface area contributed by atoms with Crippen LogP contribution in [0.3, 0.4) is 0 Å². The number of hydrogen-bond donors (Lipinski definition) is 0. The molecule has 0 radical (unpaired) electrons. The quantitative estimate of drug-likeness (QED) is 0.727. The molecule has 2 aromatic rings. The molecule has 80 valence electrons. The van der Waals surface area contributed by atoms with Gasteiger partial charge in [0.25, 0.3) is 0 Å². The zero-order valence-electron chi connectivity index (χ0n) is 8.15. The number of nitrogens with zero attached hydrogens (tertiary/aromatic N) is 1. The molecule has 1 heterocycles. The van der Waals surface area contributed by atoms with Crippen molar-refractivity contribution in [2.45, 2.75) is 0 Å². The van der Waals surface area contributed by atoms with Crippen molar-refractivity contribution in [2.24, 2.45) is 0 Å². The first-order chi connectivity index (χ1) is 7.72. The van der Waals surface area contributed by atoms with Crippen molar-refractivity contribution >= 4 is 6.29 Å². The van der Waals surface area contributed by atoms with E-state index in [0.717, 1.165) is 6.07 Å². The van der Waals surface area contributed by atoms with Gasteiger partial charge in [-0.2, -0.15) is 0 Å². The highest BCUT2D eigenvalue weighted by molar-refractivity contribution is 5.74. The van der Waals surface area contributed by atoms with Gasteiger partial charge in [-0.3, -0.25) is 4.79 Å². The van der Waals surface area contributed by atoms with E-state index in [9.17, 15) is 13.6 Å². The Morgan fingerprint density at radius 2 is 1.75 bits per heavy atom. The SMILES string of the molecule is O=Cc1nc(-c2ccccc2F)ccc1F. The maximum Gasteiger partial charge on any atom is 0.171 e. The van der Waals surface area contributed by atoms with Crippen LogP contribution in [0.4, 0.5) is 8.78 Å². The molecule has 0 saturated heterocycles. The molecular formula is C12H7F2NO. The summed E-state index contributed by atoms with van der Waals surface area (Å²) in [6, 6.07) is 8.41. The molecule has 0 bridgehead atoms. The van der Waals surface area contributed by atoms with Crippen LogP contribution in [-0.4, -0.2) is 11.3 Å². The van der Waals surface area contributed by atoms with Gasteiger partial charge in [0.1, 0.15) is 11.5 Å². The first kappa shape index (κ1) is 10.4. The minimum absolute atomic E-state index is 0.238. The van der Waals surface area contributed by atoms with Crippen LogP contribution in [0.25, 0.3) is 11.3 Å². The highest BCUT2D eigenvalue weighted by Crippen LogP contribution is 2.21. The lowest BCUT2D eigenvalue weighted by Crippen LogP contribution is -1.96. The molecule has 0 amide bonds.